The molecule has 80 valence electrons. The molecule has 1 heteroatoms. The maximum Gasteiger partial charge on any atom is 0.0568 e. The molecule has 0 aromatic heterocycles. The zero-order valence-electron chi connectivity index (χ0n) is 10.1. The third-order valence-electron chi connectivity index (χ3n) is 3.37. The first-order chi connectivity index (χ1) is 5.79. The fourth-order valence-electron chi connectivity index (χ4n) is 1.22. The third-order valence-corrected chi connectivity index (χ3v) is 3.37. The largest absolute Gasteiger partial charge is 0.393 e. The molecule has 0 amide bonds. The number of aliphatic hydroxyl groups is 1. The van der Waals surface area contributed by atoms with Crippen LogP contribution in [-0.4, -0.2) is 11.2 Å². The second kappa shape index (κ2) is 4.99. The average Bonchev–Trinajstić information content (AvgIpc) is 2.01. The molecular weight excluding hydrogens is 160 g/mol. The SMILES string of the molecule is CCC(C)C(O)CC(C)C(C)(C)C. The zero-order valence-corrected chi connectivity index (χ0v) is 10.1. The van der Waals surface area contributed by atoms with Crippen LogP contribution in [0.3, 0.4) is 0 Å². The summed E-state index contributed by atoms with van der Waals surface area (Å²) in [6.45, 7) is 13.2. The topological polar surface area (TPSA) is 20.2 Å². The van der Waals surface area contributed by atoms with Gasteiger partial charge in [-0.3, -0.25) is 0 Å². The normalized spacial score (nSPS) is 19.6. The van der Waals surface area contributed by atoms with Crippen LogP contribution in [0.4, 0.5) is 0 Å². The first-order valence-corrected chi connectivity index (χ1v) is 5.47. The summed E-state index contributed by atoms with van der Waals surface area (Å²) in [6, 6.07) is 0. The Balaban J connectivity index is 3.98. The van der Waals surface area contributed by atoms with E-state index in [0.29, 0.717) is 17.3 Å². The second-order valence-electron chi connectivity index (χ2n) is 5.46. The second-order valence-corrected chi connectivity index (χ2v) is 5.46. The van der Waals surface area contributed by atoms with E-state index in [1.165, 1.54) is 0 Å². The van der Waals surface area contributed by atoms with E-state index in [9.17, 15) is 5.11 Å². The highest BCUT2D eigenvalue weighted by Gasteiger charge is 2.24. The fraction of sp³-hybridized carbons (Fsp3) is 1.00. The van der Waals surface area contributed by atoms with Gasteiger partial charge in [0.2, 0.25) is 0 Å². The monoisotopic (exact) mass is 186 g/mol. The molecule has 13 heavy (non-hydrogen) atoms. The summed E-state index contributed by atoms with van der Waals surface area (Å²) < 4.78 is 0. The van der Waals surface area contributed by atoms with Gasteiger partial charge in [0.05, 0.1) is 6.10 Å². The maximum absolute atomic E-state index is 9.85. The Kier molecular flexibility index (Phi) is 4.98. The zero-order chi connectivity index (χ0) is 10.6. The molecule has 0 rings (SSSR count). The van der Waals surface area contributed by atoms with Crippen molar-refractivity contribution in [3.63, 3.8) is 0 Å². The Morgan fingerprint density at radius 3 is 1.92 bits per heavy atom. The van der Waals surface area contributed by atoms with Crippen LogP contribution in [0.25, 0.3) is 0 Å². The molecule has 0 aromatic rings. The molecule has 0 saturated heterocycles. The number of rotatable bonds is 4. The van der Waals surface area contributed by atoms with Gasteiger partial charge in [0.15, 0.2) is 0 Å². The van der Waals surface area contributed by atoms with E-state index in [1.807, 2.05) is 0 Å². The fourth-order valence-corrected chi connectivity index (χ4v) is 1.22. The van der Waals surface area contributed by atoms with Gasteiger partial charge in [0.25, 0.3) is 0 Å². The van der Waals surface area contributed by atoms with Crippen LogP contribution < -0.4 is 0 Å². The van der Waals surface area contributed by atoms with Crippen molar-refractivity contribution in [1.82, 2.24) is 0 Å². The number of hydrogen-bond acceptors (Lipinski definition) is 1. The van der Waals surface area contributed by atoms with E-state index in [-0.39, 0.29) is 6.10 Å². The van der Waals surface area contributed by atoms with Gasteiger partial charge in [-0.05, 0) is 23.7 Å². The summed E-state index contributed by atoms with van der Waals surface area (Å²) in [7, 11) is 0. The standard InChI is InChI=1S/C12H26O/c1-7-9(2)11(13)8-10(3)12(4,5)6/h9-11,13H,7-8H2,1-6H3. The summed E-state index contributed by atoms with van der Waals surface area (Å²) in [6.07, 6.45) is 1.87. The molecule has 3 atom stereocenters. The highest BCUT2D eigenvalue weighted by atomic mass is 16.3. The molecule has 0 spiro atoms. The van der Waals surface area contributed by atoms with Crippen molar-refractivity contribution < 1.29 is 5.11 Å². The number of aliphatic hydroxyl groups excluding tert-OH is 1. The maximum atomic E-state index is 9.85. The Morgan fingerprint density at radius 2 is 1.62 bits per heavy atom. The van der Waals surface area contributed by atoms with E-state index >= 15 is 0 Å². The third kappa shape index (κ3) is 4.66. The lowest BCUT2D eigenvalue weighted by molar-refractivity contribution is 0.0667. The summed E-state index contributed by atoms with van der Waals surface area (Å²) in [5, 5.41) is 9.85. The van der Waals surface area contributed by atoms with Crippen LogP contribution in [0.5, 0.6) is 0 Å². The molecule has 0 aliphatic heterocycles. The minimum Gasteiger partial charge on any atom is -0.393 e. The summed E-state index contributed by atoms with van der Waals surface area (Å²) in [5.41, 5.74) is 0.314. The van der Waals surface area contributed by atoms with Crippen LogP contribution in [0.2, 0.25) is 0 Å². The number of hydrogen-bond donors (Lipinski definition) is 1. The van der Waals surface area contributed by atoms with Crippen molar-refractivity contribution >= 4 is 0 Å². The summed E-state index contributed by atoms with van der Waals surface area (Å²) in [4.78, 5) is 0. The molecule has 3 unspecified atom stereocenters. The smallest absolute Gasteiger partial charge is 0.0568 e. The molecule has 0 aromatic carbocycles. The van der Waals surface area contributed by atoms with Gasteiger partial charge < -0.3 is 5.11 Å². The van der Waals surface area contributed by atoms with Gasteiger partial charge in [0.1, 0.15) is 0 Å². The molecule has 0 fully saturated rings. The van der Waals surface area contributed by atoms with Crippen molar-refractivity contribution in [2.75, 3.05) is 0 Å². The van der Waals surface area contributed by atoms with E-state index < -0.39 is 0 Å². The molecule has 0 radical (unpaired) electrons. The Labute approximate surface area is 83.5 Å². The average molecular weight is 186 g/mol. The van der Waals surface area contributed by atoms with Gasteiger partial charge >= 0.3 is 0 Å². The van der Waals surface area contributed by atoms with Crippen molar-refractivity contribution in [2.45, 2.75) is 60.5 Å². The molecule has 1 nitrogen and oxygen atoms in total. The van der Waals surface area contributed by atoms with Crippen molar-refractivity contribution in [1.29, 1.82) is 0 Å². The predicted octanol–water partition coefficient (Wildman–Crippen LogP) is 3.47. The molecule has 0 bridgehead atoms. The summed E-state index contributed by atoms with van der Waals surface area (Å²) >= 11 is 0. The van der Waals surface area contributed by atoms with Gasteiger partial charge in [0, 0.05) is 0 Å². The first-order valence-electron chi connectivity index (χ1n) is 5.47. The van der Waals surface area contributed by atoms with Crippen LogP contribution in [0.15, 0.2) is 0 Å². The minimum absolute atomic E-state index is 0.126. The van der Waals surface area contributed by atoms with Crippen LogP contribution in [-0.2, 0) is 0 Å². The summed E-state index contributed by atoms with van der Waals surface area (Å²) in [5.74, 6) is 1.02. The van der Waals surface area contributed by atoms with E-state index in [0.717, 1.165) is 12.8 Å². The molecule has 0 aliphatic carbocycles. The first kappa shape index (κ1) is 13.0. The van der Waals surface area contributed by atoms with Crippen molar-refractivity contribution in [3.8, 4) is 0 Å². The molecule has 1 N–H and O–H groups in total. The van der Waals surface area contributed by atoms with E-state index in [4.69, 9.17) is 0 Å². The highest BCUT2D eigenvalue weighted by molar-refractivity contribution is 4.75. The van der Waals surface area contributed by atoms with Crippen LogP contribution in [0, 0.1) is 17.3 Å². The van der Waals surface area contributed by atoms with Gasteiger partial charge in [-0.2, -0.15) is 0 Å². The van der Waals surface area contributed by atoms with E-state index in [2.05, 4.69) is 41.5 Å². The lowest BCUT2D eigenvalue weighted by atomic mass is 9.77. The molecule has 0 heterocycles. The predicted molar refractivity (Wildman–Crippen MR) is 58.7 cm³/mol. The van der Waals surface area contributed by atoms with Crippen LogP contribution >= 0.6 is 0 Å². The van der Waals surface area contributed by atoms with Gasteiger partial charge in [-0.25, -0.2) is 0 Å². The lowest BCUT2D eigenvalue weighted by Gasteiger charge is -2.30. The van der Waals surface area contributed by atoms with E-state index in [1.54, 1.807) is 0 Å². The van der Waals surface area contributed by atoms with Gasteiger partial charge in [-0.15, -0.1) is 0 Å². The highest BCUT2D eigenvalue weighted by Crippen LogP contribution is 2.30. The van der Waals surface area contributed by atoms with Crippen molar-refractivity contribution in [2.24, 2.45) is 17.3 Å². The van der Waals surface area contributed by atoms with Gasteiger partial charge in [-0.1, -0.05) is 48.0 Å². The Hall–Kier alpha value is -0.0400. The Morgan fingerprint density at radius 1 is 1.15 bits per heavy atom. The minimum atomic E-state index is -0.126. The molecular formula is C12H26O. The molecule has 0 saturated carbocycles. The quantitative estimate of drug-likeness (QED) is 0.713. The van der Waals surface area contributed by atoms with Crippen LogP contribution in [0.1, 0.15) is 54.4 Å². The molecule has 0 aliphatic rings. The Bertz CT molecular complexity index is 135. The van der Waals surface area contributed by atoms with Crippen molar-refractivity contribution in [3.05, 3.63) is 0 Å². The lowest BCUT2D eigenvalue weighted by Crippen LogP contribution is -2.26.